The molecule has 8 nitrogen and oxygen atoms in total. The first-order valence-electron chi connectivity index (χ1n) is 9.20. The van der Waals surface area contributed by atoms with E-state index >= 15 is 0 Å². The van der Waals surface area contributed by atoms with Crippen molar-refractivity contribution in [1.29, 1.82) is 0 Å². The van der Waals surface area contributed by atoms with Gasteiger partial charge < -0.3 is 23.8 Å². The predicted octanol–water partition coefficient (Wildman–Crippen LogP) is 3.04. The van der Waals surface area contributed by atoms with E-state index in [4.69, 9.17) is 13.9 Å². The molecule has 0 fully saturated rings. The van der Waals surface area contributed by atoms with Crippen LogP contribution in [0.5, 0.6) is 11.5 Å². The third-order valence-corrected chi connectivity index (χ3v) is 4.79. The molecule has 2 aromatic heterocycles. The number of benzene rings is 2. The van der Waals surface area contributed by atoms with Gasteiger partial charge in [-0.15, -0.1) is 10.2 Å². The minimum absolute atomic E-state index is 0.0841. The molecule has 3 heterocycles. The second-order valence-electron chi connectivity index (χ2n) is 6.81. The number of hydrogen-bond donors (Lipinski definition) is 1. The molecular formula is C21H18N4O4. The van der Waals surface area contributed by atoms with E-state index in [-0.39, 0.29) is 19.2 Å². The van der Waals surface area contributed by atoms with Gasteiger partial charge in [-0.2, -0.15) is 0 Å². The first-order valence-corrected chi connectivity index (χ1v) is 9.20. The molecule has 0 radical (unpaired) electrons. The number of nitrogens with one attached hydrogen (secondary N) is 1. The zero-order chi connectivity index (χ0) is 19.8. The molecule has 29 heavy (non-hydrogen) atoms. The van der Waals surface area contributed by atoms with Crippen LogP contribution in [-0.4, -0.2) is 27.5 Å². The number of fused-ring (bicyclic) bond motifs is 2. The topological polar surface area (TPSA) is 91.4 Å². The van der Waals surface area contributed by atoms with E-state index in [2.05, 4.69) is 15.5 Å². The van der Waals surface area contributed by atoms with E-state index in [0.29, 0.717) is 24.1 Å². The van der Waals surface area contributed by atoms with Gasteiger partial charge >= 0.3 is 0 Å². The van der Waals surface area contributed by atoms with Crippen LogP contribution >= 0.6 is 0 Å². The van der Waals surface area contributed by atoms with Crippen molar-refractivity contribution in [2.24, 2.45) is 0 Å². The molecule has 0 bridgehead atoms. The third kappa shape index (κ3) is 3.40. The number of hydrogen-bond acceptors (Lipinski definition) is 6. The van der Waals surface area contributed by atoms with Gasteiger partial charge in [0, 0.05) is 30.7 Å². The molecule has 1 amide bonds. The molecule has 0 saturated carbocycles. The molecule has 0 spiro atoms. The van der Waals surface area contributed by atoms with Crippen LogP contribution in [0, 0.1) is 6.92 Å². The Balaban J connectivity index is 1.30. The van der Waals surface area contributed by atoms with Gasteiger partial charge in [0.2, 0.25) is 24.5 Å². The van der Waals surface area contributed by atoms with Crippen molar-refractivity contribution < 1.29 is 18.7 Å². The Morgan fingerprint density at radius 1 is 1.10 bits per heavy atom. The van der Waals surface area contributed by atoms with Crippen LogP contribution in [0.1, 0.15) is 11.5 Å². The number of rotatable bonds is 5. The minimum Gasteiger partial charge on any atom is -0.454 e. The maximum Gasteiger partial charge on any atom is 0.247 e. The SMILES string of the molecule is Cc1nnc(-c2ccc3ccn(CC(=O)NCc4ccc5c(c4)OCO5)c3c2)o1. The third-order valence-electron chi connectivity index (χ3n) is 4.79. The van der Waals surface area contributed by atoms with Crippen molar-refractivity contribution in [2.75, 3.05) is 6.79 Å². The number of aryl methyl sites for hydroxylation is 1. The van der Waals surface area contributed by atoms with Gasteiger partial charge in [-0.25, -0.2) is 0 Å². The molecule has 1 aliphatic rings. The highest BCUT2D eigenvalue weighted by Crippen LogP contribution is 2.32. The molecule has 0 unspecified atom stereocenters. The van der Waals surface area contributed by atoms with Crippen molar-refractivity contribution in [3.05, 3.63) is 60.1 Å². The molecule has 5 rings (SSSR count). The van der Waals surface area contributed by atoms with Crippen LogP contribution in [0.2, 0.25) is 0 Å². The van der Waals surface area contributed by atoms with Crippen molar-refractivity contribution in [2.45, 2.75) is 20.0 Å². The summed E-state index contributed by atoms with van der Waals surface area (Å²) in [6.45, 7) is 2.61. The summed E-state index contributed by atoms with van der Waals surface area (Å²) in [5, 5.41) is 11.9. The Hall–Kier alpha value is -3.81. The zero-order valence-corrected chi connectivity index (χ0v) is 15.7. The van der Waals surface area contributed by atoms with Crippen molar-refractivity contribution >= 4 is 16.8 Å². The van der Waals surface area contributed by atoms with Crippen LogP contribution in [0.3, 0.4) is 0 Å². The Bertz CT molecular complexity index is 1210. The number of aromatic nitrogens is 3. The molecule has 0 aliphatic carbocycles. The van der Waals surface area contributed by atoms with Gasteiger partial charge in [-0.3, -0.25) is 4.79 Å². The minimum atomic E-state index is -0.0841. The monoisotopic (exact) mass is 390 g/mol. The largest absolute Gasteiger partial charge is 0.454 e. The lowest BCUT2D eigenvalue weighted by Crippen LogP contribution is -2.26. The Kier molecular flexibility index (Phi) is 4.16. The lowest BCUT2D eigenvalue weighted by molar-refractivity contribution is -0.121. The Morgan fingerprint density at radius 3 is 2.86 bits per heavy atom. The molecule has 1 N–H and O–H groups in total. The summed E-state index contributed by atoms with van der Waals surface area (Å²) in [6.07, 6.45) is 1.90. The van der Waals surface area contributed by atoms with E-state index in [1.54, 1.807) is 6.92 Å². The van der Waals surface area contributed by atoms with Crippen LogP contribution in [0.4, 0.5) is 0 Å². The molecule has 0 atom stereocenters. The van der Waals surface area contributed by atoms with Gasteiger partial charge in [-0.05, 0) is 41.3 Å². The molecule has 2 aromatic carbocycles. The van der Waals surface area contributed by atoms with Crippen molar-refractivity contribution in [1.82, 2.24) is 20.1 Å². The van der Waals surface area contributed by atoms with Crippen LogP contribution < -0.4 is 14.8 Å². The summed E-state index contributed by atoms with van der Waals surface area (Å²) in [5.41, 5.74) is 2.70. The molecule has 0 saturated heterocycles. The van der Waals surface area contributed by atoms with Crippen molar-refractivity contribution in [3.8, 4) is 23.0 Å². The lowest BCUT2D eigenvalue weighted by Gasteiger charge is -2.08. The quantitative estimate of drug-likeness (QED) is 0.563. The summed E-state index contributed by atoms with van der Waals surface area (Å²) in [4.78, 5) is 12.5. The lowest BCUT2D eigenvalue weighted by atomic mass is 10.1. The van der Waals surface area contributed by atoms with Gasteiger partial charge in [0.05, 0.1) is 0 Å². The predicted molar refractivity (Wildman–Crippen MR) is 104 cm³/mol. The smallest absolute Gasteiger partial charge is 0.247 e. The maximum absolute atomic E-state index is 12.5. The average Bonchev–Trinajstić information content (AvgIpc) is 3.46. The summed E-state index contributed by atoms with van der Waals surface area (Å²) in [7, 11) is 0. The van der Waals surface area contributed by atoms with Gasteiger partial charge in [-0.1, -0.05) is 12.1 Å². The molecule has 8 heteroatoms. The van der Waals surface area contributed by atoms with Crippen LogP contribution in [0.25, 0.3) is 22.4 Å². The number of nitrogens with zero attached hydrogens (tertiary/aromatic N) is 3. The molecule has 4 aromatic rings. The van der Waals surface area contributed by atoms with E-state index in [1.807, 2.05) is 53.2 Å². The van der Waals surface area contributed by atoms with Crippen LogP contribution in [-0.2, 0) is 17.9 Å². The van der Waals surface area contributed by atoms with Gasteiger partial charge in [0.25, 0.3) is 0 Å². The molecule has 1 aliphatic heterocycles. The first-order chi connectivity index (χ1) is 14.2. The fourth-order valence-electron chi connectivity index (χ4n) is 3.33. The number of carbonyl (C=O) groups is 1. The van der Waals surface area contributed by atoms with E-state index in [0.717, 1.165) is 27.8 Å². The normalized spacial score (nSPS) is 12.4. The first kappa shape index (κ1) is 17.3. The zero-order valence-electron chi connectivity index (χ0n) is 15.7. The summed E-state index contributed by atoms with van der Waals surface area (Å²) < 4.78 is 18.1. The Morgan fingerprint density at radius 2 is 2.00 bits per heavy atom. The fourth-order valence-corrected chi connectivity index (χ4v) is 3.33. The second-order valence-corrected chi connectivity index (χ2v) is 6.81. The summed E-state index contributed by atoms with van der Waals surface area (Å²) in [6, 6.07) is 13.5. The molecule has 146 valence electrons. The van der Waals surface area contributed by atoms with Gasteiger partial charge in [0.15, 0.2) is 11.5 Å². The Labute approximate surface area is 166 Å². The second kappa shape index (κ2) is 6.97. The van der Waals surface area contributed by atoms with E-state index in [1.165, 1.54) is 0 Å². The van der Waals surface area contributed by atoms with Gasteiger partial charge in [0.1, 0.15) is 6.54 Å². The number of amides is 1. The molecular weight excluding hydrogens is 372 g/mol. The fraction of sp³-hybridized carbons (Fsp3) is 0.190. The average molecular weight is 390 g/mol. The number of carbonyl (C=O) groups excluding carboxylic acids is 1. The number of ether oxygens (including phenoxy) is 2. The van der Waals surface area contributed by atoms with E-state index < -0.39 is 0 Å². The van der Waals surface area contributed by atoms with E-state index in [9.17, 15) is 4.79 Å². The van der Waals surface area contributed by atoms with Crippen LogP contribution in [0.15, 0.2) is 53.1 Å². The standard InChI is InChI=1S/C21H18N4O4/c1-13-23-24-21(29-13)16-4-3-15-6-7-25(17(15)9-16)11-20(26)22-10-14-2-5-18-19(8-14)28-12-27-18/h2-9H,10-12H2,1H3,(H,22,26). The summed E-state index contributed by atoms with van der Waals surface area (Å²) >= 11 is 0. The van der Waals surface area contributed by atoms with Crippen molar-refractivity contribution in [3.63, 3.8) is 0 Å². The maximum atomic E-state index is 12.5. The highest BCUT2D eigenvalue weighted by atomic mass is 16.7. The highest BCUT2D eigenvalue weighted by Gasteiger charge is 2.14. The highest BCUT2D eigenvalue weighted by molar-refractivity contribution is 5.86. The summed E-state index contributed by atoms with van der Waals surface area (Å²) in [5.74, 6) is 2.32.